The highest BCUT2D eigenvalue weighted by Crippen LogP contribution is 2.15. The summed E-state index contributed by atoms with van der Waals surface area (Å²) in [6, 6.07) is 14.6. The molecule has 0 saturated heterocycles. The average Bonchev–Trinajstić information content (AvgIpc) is 2.76. The van der Waals surface area contributed by atoms with Gasteiger partial charge in [-0.05, 0) is 17.7 Å². The smallest absolute Gasteiger partial charge is 0.344 e. The third-order valence-corrected chi connectivity index (χ3v) is 3.86. The molecule has 0 aliphatic rings. The third-order valence-electron chi connectivity index (χ3n) is 3.86. The van der Waals surface area contributed by atoms with Crippen molar-refractivity contribution in [3.8, 4) is 5.75 Å². The second-order valence-corrected chi connectivity index (χ2v) is 5.94. The molecule has 0 saturated carbocycles. The van der Waals surface area contributed by atoms with Crippen molar-refractivity contribution in [1.82, 2.24) is 5.32 Å². The summed E-state index contributed by atoms with van der Waals surface area (Å²) in [5, 5.41) is 2.49. The topological polar surface area (TPSA) is 108 Å². The summed E-state index contributed by atoms with van der Waals surface area (Å²) in [7, 11) is 1.22. The van der Waals surface area contributed by atoms with Gasteiger partial charge in [-0.2, -0.15) is 0 Å². The van der Waals surface area contributed by atoms with Crippen molar-refractivity contribution in [3.63, 3.8) is 0 Å². The van der Waals surface area contributed by atoms with Gasteiger partial charge in [0, 0.05) is 6.42 Å². The Hall–Kier alpha value is -3.68. The van der Waals surface area contributed by atoms with E-state index in [1.54, 1.807) is 18.2 Å². The number of aldehydes is 1. The molecule has 0 fully saturated rings. The van der Waals surface area contributed by atoms with Gasteiger partial charge >= 0.3 is 11.9 Å². The van der Waals surface area contributed by atoms with Gasteiger partial charge in [-0.3, -0.25) is 9.59 Å². The van der Waals surface area contributed by atoms with Crippen LogP contribution in [0.15, 0.2) is 54.6 Å². The van der Waals surface area contributed by atoms with Crippen LogP contribution in [0, 0.1) is 0 Å². The summed E-state index contributed by atoms with van der Waals surface area (Å²) in [6.07, 6.45) is 0.840. The first-order valence-electron chi connectivity index (χ1n) is 8.77. The first kappa shape index (κ1) is 21.6. The summed E-state index contributed by atoms with van der Waals surface area (Å²) in [4.78, 5) is 46.7. The van der Waals surface area contributed by atoms with Crippen LogP contribution in [0.4, 0.5) is 0 Å². The van der Waals surface area contributed by atoms with Crippen LogP contribution in [0.5, 0.6) is 5.75 Å². The third kappa shape index (κ3) is 7.10. The number of hydrogen-bond acceptors (Lipinski definition) is 7. The SMILES string of the molecule is COC(=O)[C@H](Cc1ccccc1)NC(=O)COC(=O)COc1ccccc1C=O. The van der Waals surface area contributed by atoms with Crippen molar-refractivity contribution >= 4 is 24.1 Å². The van der Waals surface area contributed by atoms with Crippen molar-refractivity contribution in [2.75, 3.05) is 20.3 Å². The molecular weight excluding hydrogens is 378 g/mol. The van der Waals surface area contributed by atoms with E-state index in [1.807, 2.05) is 30.3 Å². The quantitative estimate of drug-likeness (QED) is 0.474. The van der Waals surface area contributed by atoms with Crippen LogP contribution in [0.25, 0.3) is 0 Å². The predicted octanol–water partition coefficient (Wildman–Crippen LogP) is 1.32. The zero-order valence-electron chi connectivity index (χ0n) is 15.8. The van der Waals surface area contributed by atoms with Crippen LogP contribution in [-0.4, -0.2) is 50.5 Å². The van der Waals surface area contributed by atoms with Crippen LogP contribution in [-0.2, 0) is 30.3 Å². The van der Waals surface area contributed by atoms with Crippen LogP contribution < -0.4 is 10.1 Å². The fourth-order valence-electron chi connectivity index (χ4n) is 2.46. The maximum absolute atomic E-state index is 12.1. The molecule has 2 rings (SSSR count). The van der Waals surface area contributed by atoms with Crippen molar-refractivity contribution < 1.29 is 33.4 Å². The number of esters is 2. The highest BCUT2D eigenvalue weighted by Gasteiger charge is 2.22. The van der Waals surface area contributed by atoms with Crippen LogP contribution >= 0.6 is 0 Å². The van der Waals surface area contributed by atoms with Gasteiger partial charge in [0.25, 0.3) is 5.91 Å². The summed E-state index contributed by atoms with van der Waals surface area (Å²) < 4.78 is 14.8. The van der Waals surface area contributed by atoms with Gasteiger partial charge in [-0.15, -0.1) is 0 Å². The van der Waals surface area contributed by atoms with Crippen molar-refractivity contribution in [1.29, 1.82) is 0 Å². The minimum atomic E-state index is -0.913. The van der Waals surface area contributed by atoms with E-state index in [4.69, 9.17) is 14.2 Å². The second-order valence-electron chi connectivity index (χ2n) is 5.94. The van der Waals surface area contributed by atoms with Crippen LogP contribution in [0.1, 0.15) is 15.9 Å². The van der Waals surface area contributed by atoms with Crippen LogP contribution in [0.2, 0.25) is 0 Å². The summed E-state index contributed by atoms with van der Waals surface area (Å²) in [5.74, 6) is -1.82. The minimum Gasteiger partial charge on any atom is -0.481 e. The summed E-state index contributed by atoms with van der Waals surface area (Å²) in [6.45, 7) is -1.05. The van der Waals surface area contributed by atoms with E-state index in [-0.39, 0.29) is 12.2 Å². The Morgan fingerprint density at radius 3 is 2.38 bits per heavy atom. The summed E-state index contributed by atoms with van der Waals surface area (Å²) in [5.41, 5.74) is 1.13. The molecule has 0 aromatic heterocycles. The molecule has 0 bridgehead atoms. The zero-order chi connectivity index (χ0) is 21.1. The molecule has 8 nitrogen and oxygen atoms in total. The predicted molar refractivity (Wildman–Crippen MR) is 102 cm³/mol. The molecular formula is C21H21NO7. The lowest BCUT2D eigenvalue weighted by atomic mass is 10.1. The monoisotopic (exact) mass is 399 g/mol. The van der Waals surface area contributed by atoms with E-state index >= 15 is 0 Å². The molecule has 0 aliphatic heterocycles. The molecule has 152 valence electrons. The van der Waals surface area contributed by atoms with Crippen LogP contribution in [0.3, 0.4) is 0 Å². The van der Waals surface area contributed by atoms with E-state index < -0.39 is 37.1 Å². The maximum Gasteiger partial charge on any atom is 0.344 e. The number of benzene rings is 2. The Morgan fingerprint density at radius 2 is 1.69 bits per heavy atom. The highest BCUT2D eigenvalue weighted by atomic mass is 16.6. The van der Waals surface area contributed by atoms with Gasteiger partial charge in [-0.1, -0.05) is 42.5 Å². The lowest BCUT2D eigenvalue weighted by Crippen LogP contribution is -2.44. The largest absolute Gasteiger partial charge is 0.481 e. The maximum atomic E-state index is 12.1. The molecule has 0 spiro atoms. The lowest BCUT2D eigenvalue weighted by molar-refractivity contribution is -0.151. The first-order chi connectivity index (χ1) is 14.0. The molecule has 1 amide bonds. The first-order valence-corrected chi connectivity index (χ1v) is 8.77. The number of ether oxygens (including phenoxy) is 3. The Kier molecular flexibility index (Phi) is 8.37. The van der Waals surface area contributed by atoms with Crippen molar-refractivity contribution in [2.24, 2.45) is 0 Å². The molecule has 29 heavy (non-hydrogen) atoms. The van der Waals surface area contributed by atoms with E-state index in [1.165, 1.54) is 13.2 Å². The second kappa shape index (κ2) is 11.2. The molecule has 8 heteroatoms. The van der Waals surface area contributed by atoms with E-state index in [9.17, 15) is 19.2 Å². The van der Waals surface area contributed by atoms with Crippen molar-refractivity contribution in [3.05, 3.63) is 65.7 Å². The number of hydrogen-bond donors (Lipinski definition) is 1. The van der Waals surface area contributed by atoms with Gasteiger partial charge in [0.05, 0.1) is 12.7 Å². The molecule has 0 aliphatic carbocycles. The van der Waals surface area contributed by atoms with E-state index in [0.29, 0.717) is 11.8 Å². The van der Waals surface area contributed by atoms with Gasteiger partial charge in [0.15, 0.2) is 19.5 Å². The Morgan fingerprint density at radius 1 is 1.00 bits per heavy atom. The molecule has 0 unspecified atom stereocenters. The van der Waals surface area contributed by atoms with Gasteiger partial charge in [0.1, 0.15) is 11.8 Å². The molecule has 2 aromatic carbocycles. The van der Waals surface area contributed by atoms with Gasteiger partial charge in [-0.25, -0.2) is 9.59 Å². The Bertz CT molecular complexity index is 851. The fraction of sp³-hybridized carbons (Fsp3) is 0.238. The van der Waals surface area contributed by atoms with Gasteiger partial charge in [0.2, 0.25) is 0 Å². The molecule has 0 heterocycles. The number of carbonyl (C=O) groups is 4. The van der Waals surface area contributed by atoms with Gasteiger partial charge < -0.3 is 19.5 Å². The van der Waals surface area contributed by atoms with E-state index in [2.05, 4.69) is 5.32 Å². The van der Waals surface area contributed by atoms with Crippen molar-refractivity contribution in [2.45, 2.75) is 12.5 Å². The fourth-order valence-corrected chi connectivity index (χ4v) is 2.46. The Labute approximate surface area is 167 Å². The normalized spacial score (nSPS) is 11.1. The number of para-hydroxylation sites is 1. The van der Waals surface area contributed by atoms with E-state index in [0.717, 1.165) is 5.56 Å². The molecule has 1 atom stereocenters. The molecule has 0 radical (unpaired) electrons. The highest BCUT2D eigenvalue weighted by molar-refractivity contribution is 5.86. The summed E-state index contributed by atoms with van der Waals surface area (Å²) >= 11 is 0. The minimum absolute atomic E-state index is 0.234. The number of nitrogens with one attached hydrogen (secondary N) is 1. The number of methoxy groups -OCH3 is 1. The zero-order valence-corrected chi connectivity index (χ0v) is 15.8. The number of amides is 1. The standard InChI is InChI=1S/C21H21NO7/c1-27-21(26)17(11-15-7-3-2-4-8-15)22-19(24)13-29-20(25)14-28-18-10-6-5-9-16(18)12-23/h2-10,12,17H,11,13-14H2,1H3,(H,22,24)/t17-/m0/s1. The number of rotatable bonds is 10. The Balaban J connectivity index is 1.82. The molecule has 1 N–H and O–H groups in total. The number of carbonyl (C=O) groups excluding carboxylic acids is 4. The average molecular weight is 399 g/mol. The lowest BCUT2D eigenvalue weighted by Gasteiger charge is -2.16. The molecule has 2 aromatic rings.